The fraction of sp³-hybridized carbons (Fsp3) is 0.647. The van der Waals surface area contributed by atoms with E-state index in [4.69, 9.17) is 15.2 Å². The second kappa shape index (κ2) is 5.28. The zero-order valence-corrected chi connectivity index (χ0v) is 12.5. The van der Waals surface area contributed by atoms with Crippen molar-refractivity contribution in [3.05, 3.63) is 23.8 Å². The lowest BCUT2D eigenvalue weighted by Crippen LogP contribution is -2.42. The van der Waals surface area contributed by atoms with Crippen molar-refractivity contribution in [3.63, 3.8) is 0 Å². The molecule has 0 radical (unpaired) electrons. The van der Waals surface area contributed by atoms with Crippen molar-refractivity contribution in [3.8, 4) is 11.5 Å². The number of benzene rings is 1. The Morgan fingerprint density at radius 3 is 2.95 bits per heavy atom. The van der Waals surface area contributed by atoms with E-state index in [1.807, 2.05) is 18.2 Å². The van der Waals surface area contributed by atoms with Crippen LogP contribution >= 0.6 is 0 Å². The van der Waals surface area contributed by atoms with Crippen LogP contribution in [0.2, 0.25) is 0 Å². The molecule has 0 amide bonds. The van der Waals surface area contributed by atoms with Crippen LogP contribution in [0.1, 0.15) is 57.1 Å². The minimum Gasteiger partial charge on any atom is -0.497 e. The largest absolute Gasteiger partial charge is 0.497 e. The molecule has 110 valence electrons. The van der Waals surface area contributed by atoms with Gasteiger partial charge in [0, 0.05) is 18.0 Å². The maximum atomic E-state index is 6.43. The molecular formula is C17H25NO2. The number of ether oxygens (including phenoxy) is 2. The highest BCUT2D eigenvalue weighted by Gasteiger charge is 2.40. The van der Waals surface area contributed by atoms with Crippen molar-refractivity contribution in [1.82, 2.24) is 0 Å². The monoisotopic (exact) mass is 275 g/mol. The molecule has 0 saturated heterocycles. The predicted octanol–water partition coefficient (Wildman–Crippen LogP) is 3.82. The predicted molar refractivity (Wildman–Crippen MR) is 80.1 cm³/mol. The summed E-state index contributed by atoms with van der Waals surface area (Å²) >= 11 is 0. The van der Waals surface area contributed by atoms with Crippen LogP contribution in [0.25, 0.3) is 0 Å². The Balaban J connectivity index is 1.88. The Bertz CT molecular complexity index is 488. The first-order valence-corrected chi connectivity index (χ1v) is 7.74. The number of methoxy groups -OCH3 is 1. The summed E-state index contributed by atoms with van der Waals surface area (Å²) in [5.74, 6) is 2.62. The molecule has 3 rings (SSSR count). The van der Waals surface area contributed by atoms with Gasteiger partial charge in [0.1, 0.15) is 17.1 Å². The molecule has 1 spiro atoms. The highest BCUT2D eigenvalue weighted by atomic mass is 16.5. The third-order valence-electron chi connectivity index (χ3n) is 4.96. The lowest BCUT2D eigenvalue weighted by atomic mass is 9.82. The smallest absolute Gasteiger partial charge is 0.125 e. The highest BCUT2D eigenvalue weighted by molar-refractivity contribution is 5.44. The van der Waals surface area contributed by atoms with Gasteiger partial charge in [0.15, 0.2) is 0 Å². The van der Waals surface area contributed by atoms with E-state index in [-0.39, 0.29) is 11.6 Å². The van der Waals surface area contributed by atoms with Gasteiger partial charge in [0.2, 0.25) is 0 Å². The Morgan fingerprint density at radius 2 is 2.15 bits per heavy atom. The minimum atomic E-state index is -0.0359. The van der Waals surface area contributed by atoms with Crippen LogP contribution in [-0.4, -0.2) is 12.7 Å². The van der Waals surface area contributed by atoms with E-state index in [2.05, 4.69) is 6.92 Å². The minimum absolute atomic E-state index is 0.0359. The summed E-state index contributed by atoms with van der Waals surface area (Å²) in [7, 11) is 1.69. The van der Waals surface area contributed by atoms with E-state index in [1.165, 1.54) is 19.3 Å². The molecule has 20 heavy (non-hydrogen) atoms. The maximum absolute atomic E-state index is 6.43. The zero-order chi connectivity index (χ0) is 14.2. The average Bonchev–Trinajstić information content (AvgIpc) is 2.61. The number of nitrogens with two attached hydrogens (primary N) is 1. The van der Waals surface area contributed by atoms with E-state index in [0.717, 1.165) is 42.2 Å². The second-order valence-electron chi connectivity index (χ2n) is 6.54. The van der Waals surface area contributed by atoms with Crippen molar-refractivity contribution in [2.75, 3.05) is 7.11 Å². The average molecular weight is 275 g/mol. The molecule has 1 saturated carbocycles. The fourth-order valence-electron chi connectivity index (χ4n) is 3.68. The van der Waals surface area contributed by atoms with Gasteiger partial charge in [0.25, 0.3) is 0 Å². The van der Waals surface area contributed by atoms with Crippen LogP contribution in [-0.2, 0) is 0 Å². The first kappa shape index (κ1) is 13.7. The Labute approximate surface area is 121 Å². The van der Waals surface area contributed by atoms with Crippen LogP contribution < -0.4 is 15.2 Å². The van der Waals surface area contributed by atoms with E-state index in [0.29, 0.717) is 0 Å². The summed E-state index contributed by atoms with van der Waals surface area (Å²) in [5.41, 5.74) is 7.48. The maximum Gasteiger partial charge on any atom is 0.125 e. The second-order valence-corrected chi connectivity index (χ2v) is 6.54. The van der Waals surface area contributed by atoms with E-state index in [1.54, 1.807) is 7.11 Å². The van der Waals surface area contributed by atoms with Gasteiger partial charge in [-0.3, -0.25) is 0 Å². The Kier molecular flexibility index (Phi) is 3.63. The lowest BCUT2D eigenvalue weighted by Gasteiger charge is -2.41. The first-order valence-electron chi connectivity index (χ1n) is 7.74. The van der Waals surface area contributed by atoms with Gasteiger partial charge in [-0.25, -0.2) is 0 Å². The molecule has 3 atom stereocenters. The molecule has 1 aromatic rings. The summed E-state index contributed by atoms with van der Waals surface area (Å²) < 4.78 is 11.7. The molecular weight excluding hydrogens is 250 g/mol. The number of hydrogen-bond donors (Lipinski definition) is 1. The van der Waals surface area contributed by atoms with Crippen LogP contribution in [0.4, 0.5) is 0 Å². The lowest BCUT2D eigenvalue weighted by molar-refractivity contribution is 0.0204. The standard InChI is InChI=1S/C17H25NO2/c1-12-4-3-8-17(9-7-12)11-15(18)14-10-13(19-2)5-6-16(14)20-17/h5-6,10,12,15H,3-4,7-9,11,18H2,1-2H3/t12?,15-,17?/m1/s1. The van der Waals surface area contributed by atoms with Crippen LogP contribution in [0, 0.1) is 5.92 Å². The molecule has 2 unspecified atom stereocenters. The third kappa shape index (κ3) is 2.51. The molecule has 1 aliphatic heterocycles. The molecule has 1 heterocycles. The molecule has 2 N–H and O–H groups in total. The molecule has 3 nitrogen and oxygen atoms in total. The number of rotatable bonds is 1. The fourth-order valence-corrected chi connectivity index (χ4v) is 3.68. The summed E-state index contributed by atoms with van der Waals surface area (Å²) in [6.45, 7) is 2.35. The van der Waals surface area contributed by atoms with E-state index < -0.39 is 0 Å². The van der Waals surface area contributed by atoms with E-state index >= 15 is 0 Å². The third-order valence-corrected chi connectivity index (χ3v) is 4.96. The highest BCUT2D eigenvalue weighted by Crippen LogP contribution is 2.46. The van der Waals surface area contributed by atoms with Gasteiger partial charge in [-0.1, -0.05) is 13.3 Å². The van der Waals surface area contributed by atoms with Crippen molar-refractivity contribution >= 4 is 0 Å². The van der Waals surface area contributed by atoms with Crippen molar-refractivity contribution in [2.24, 2.45) is 11.7 Å². The van der Waals surface area contributed by atoms with Gasteiger partial charge in [-0.15, -0.1) is 0 Å². The first-order chi connectivity index (χ1) is 9.62. The molecule has 0 bridgehead atoms. The molecule has 2 aliphatic rings. The summed E-state index contributed by atoms with van der Waals surface area (Å²) in [4.78, 5) is 0. The number of fused-ring (bicyclic) bond motifs is 1. The summed E-state index contributed by atoms with van der Waals surface area (Å²) in [6, 6.07) is 6.06. The van der Waals surface area contributed by atoms with Crippen molar-refractivity contribution < 1.29 is 9.47 Å². The molecule has 1 fully saturated rings. The summed E-state index contributed by atoms with van der Waals surface area (Å²) in [5, 5.41) is 0. The Hall–Kier alpha value is -1.22. The van der Waals surface area contributed by atoms with Crippen LogP contribution in [0.3, 0.4) is 0 Å². The van der Waals surface area contributed by atoms with Crippen molar-refractivity contribution in [2.45, 2.75) is 57.1 Å². The van der Waals surface area contributed by atoms with Gasteiger partial charge >= 0.3 is 0 Å². The van der Waals surface area contributed by atoms with Gasteiger partial charge in [-0.2, -0.15) is 0 Å². The van der Waals surface area contributed by atoms with Gasteiger partial charge in [-0.05, 0) is 49.8 Å². The number of hydrogen-bond acceptors (Lipinski definition) is 3. The molecule has 0 aromatic heterocycles. The quantitative estimate of drug-likeness (QED) is 0.847. The zero-order valence-electron chi connectivity index (χ0n) is 12.5. The van der Waals surface area contributed by atoms with Crippen LogP contribution in [0.15, 0.2) is 18.2 Å². The normalized spacial score (nSPS) is 33.1. The van der Waals surface area contributed by atoms with E-state index in [9.17, 15) is 0 Å². The SMILES string of the molecule is COc1ccc2c(c1)[C@H](N)CC1(CCCC(C)CC1)O2. The molecule has 1 aromatic carbocycles. The van der Waals surface area contributed by atoms with Gasteiger partial charge in [0.05, 0.1) is 7.11 Å². The van der Waals surface area contributed by atoms with Crippen LogP contribution in [0.5, 0.6) is 11.5 Å². The molecule has 3 heteroatoms. The van der Waals surface area contributed by atoms with Gasteiger partial charge < -0.3 is 15.2 Å². The topological polar surface area (TPSA) is 44.5 Å². The molecule has 1 aliphatic carbocycles. The van der Waals surface area contributed by atoms with Crippen molar-refractivity contribution in [1.29, 1.82) is 0 Å². The Morgan fingerprint density at radius 1 is 1.30 bits per heavy atom. The summed E-state index contributed by atoms with van der Waals surface area (Å²) in [6.07, 6.45) is 7.01.